The zero-order chi connectivity index (χ0) is 17.4. The van der Waals surface area contributed by atoms with E-state index in [1.165, 1.54) is 18.2 Å². The summed E-state index contributed by atoms with van der Waals surface area (Å²) in [5.41, 5.74) is 7.77. The third-order valence-corrected chi connectivity index (χ3v) is 3.05. The van der Waals surface area contributed by atoms with Gasteiger partial charge in [0.1, 0.15) is 5.82 Å². The molecular weight excluding hydrogens is 307 g/mol. The van der Waals surface area contributed by atoms with E-state index in [0.717, 1.165) is 5.56 Å². The molecule has 0 aliphatic carbocycles. The predicted molar refractivity (Wildman–Crippen MR) is 93.9 cm³/mol. The van der Waals surface area contributed by atoms with Gasteiger partial charge in [0.2, 0.25) is 5.96 Å². The second kappa shape index (κ2) is 8.38. The largest absolute Gasteiger partial charge is 0.368 e. The second-order valence-electron chi connectivity index (χ2n) is 4.91. The van der Waals surface area contributed by atoms with E-state index in [0.29, 0.717) is 11.3 Å². The Hall–Kier alpha value is -3.28. The molecular formula is C18H17FN4O. The van der Waals surface area contributed by atoms with Crippen LogP contribution >= 0.6 is 0 Å². The summed E-state index contributed by atoms with van der Waals surface area (Å²) in [6.07, 6.45) is 3.02. The van der Waals surface area contributed by atoms with Gasteiger partial charge in [-0.3, -0.25) is 10.1 Å². The van der Waals surface area contributed by atoms with Crippen LogP contribution in [0, 0.1) is 5.82 Å². The number of nitrogens with zero attached hydrogens (tertiary/aromatic N) is 2. The molecule has 0 bridgehead atoms. The highest BCUT2D eigenvalue weighted by Gasteiger charge is 2.00. The normalized spacial score (nSPS) is 12.4. The molecule has 1 amide bonds. The molecule has 5 nitrogen and oxygen atoms in total. The van der Waals surface area contributed by atoms with Crippen LogP contribution in [0.3, 0.4) is 0 Å². The fourth-order valence-corrected chi connectivity index (χ4v) is 1.81. The maximum Gasteiger partial charge on any atom is 0.250 e. The van der Waals surface area contributed by atoms with Crippen molar-refractivity contribution in [3.05, 3.63) is 77.6 Å². The van der Waals surface area contributed by atoms with Crippen LogP contribution < -0.4 is 11.1 Å². The second-order valence-corrected chi connectivity index (χ2v) is 4.91. The van der Waals surface area contributed by atoms with Crippen molar-refractivity contribution >= 4 is 23.7 Å². The summed E-state index contributed by atoms with van der Waals surface area (Å²) in [6.45, 7) is 1.71. The smallest absolute Gasteiger partial charge is 0.250 e. The van der Waals surface area contributed by atoms with E-state index in [-0.39, 0.29) is 11.8 Å². The Morgan fingerprint density at radius 3 is 2.42 bits per heavy atom. The van der Waals surface area contributed by atoms with Gasteiger partial charge < -0.3 is 5.73 Å². The molecule has 2 rings (SSSR count). The molecule has 3 N–H and O–H groups in total. The average molecular weight is 324 g/mol. The van der Waals surface area contributed by atoms with Crippen molar-refractivity contribution in [1.29, 1.82) is 0 Å². The minimum atomic E-state index is -0.408. The van der Waals surface area contributed by atoms with E-state index in [4.69, 9.17) is 5.73 Å². The topological polar surface area (TPSA) is 79.8 Å². The zero-order valence-corrected chi connectivity index (χ0v) is 13.1. The third kappa shape index (κ3) is 5.49. The number of nitrogens with one attached hydrogen (secondary N) is 1. The Bertz CT molecular complexity index is 780. The van der Waals surface area contributed by atoms with Gasteiger partial charge in [0.15, 0.2) is 0 Å². The van der Waals surface area contributed by atoms with Gasteiger partial charge in [0.05, 0.1) is 5.71 Å². The molecule has 0 radical (unpaired) electrons. The lowest BCUT2D eigenvalue weighted by Crippen LogP contribution is -2.35. The fraction of sp³-hybridized carbons (Fsp3) is 0.0556. The van der Waals surface area contributed by atoms with Crippen LogP contribution in [0.1, 0.15) is 18.1 Å². The van der Waals surface area contributed by atoms with Crippen LogP contribution in [-0.4, -0.2) is 17.6 Å². The summed E-state index contributed by atoms with van der Waals surface area (Å²) in [5, 5.41) is 10.1. The standard InChI is InChI=1S/C18H17FN4O/c1-13(15-8-10-16(19)11-9-15)22-23-18(20)21-17(24)12-7-14-5-3-2-4-6-14/h2-12H,1H3,(H3,20,21,23,24)/b12-7+,22-13-. The van der Waals surface area contributed by atoms with Crippen LogP contribution in [0.4, 0.5) is 4.39 Å². The molecule has 0 atom stereocenters. The van der Waals surface area contributed by atoms with Gasteiger partial charge in [-0.05, 0) is 36.3 Å². The third-order valence-electron chi connectivity index (χ3n) is 3.05. The molecule has 0 fully saturated rings. The predicted octanol–water partition coefficient (Wildman–Crippen LogP) is 2.69. The maximum atomic E-state index is 12.9. The molecule has 0 aliphatic rings. The molecule has 24 heavy (non-hydrogen) atoms. The number of rotatable bonds is 4. The molecule has 122 valence electrons. The summed E-state index contributed by atoms with van der Waals surface area (Å²) in [4.78, 5) is 11.7. The average Bonchev–Trinajstić information content (AvgIpc) is 2.59. The molecule has 0 aliphatic heterocycles. The minimum absolute atomic E-state index is 0.126. The molecule has 0 spiro atoms. The number of guanidine groups is 1. The van der Waals surface area contributed by atoms with Gasteiger partial charge in [0, 0.05) is 6.08 Å². The van der Waals surface area contributed by atoms with Crippen LogP contribution in [0.15, 0.2) is 70.9 Å². The Morgan fingerprint density at radius 2 is 1.75 bits per heavy atom. The zero-order valence-electron chi connectivity index (χ0n) is 13.1. The van der Waals surface area contributed by atoms with Crippen molar-refractivity contribution in [3.8, 4) is 0 Å². The Morgan fingerprint density at radius 1 is 1.08 bits per heavy atom. The molecule has 0 aromatic heterocycles. The molecule has 0 saturated heterocycles. The van der Waals surface area contributed by atoms with Gasteiger partial charge in [0.25, 0.3) is 5.91 Å². The quantitative estimate of drug-likeness (QED) is 0.392. The van der Waals surface area contributed by atoms with Crippen molar-refractivity contribution in [1.82, 2.24) is 5.32 Å². The highest BCUT2D eigenvalue weighted by atomic mass is 19.1. The first-order valence-corrected chi connectivity index (χ1v) is 7.22. The first-order valence-electron chi connectivity index (χ1n) is 7.22. The van der Waals surface area contributed by atoms with E-state index < -0.39 is 5.91 Å². The summed E-state index contributed by atoms with van der Waals surface area (Å²) < 4.78 is 12.9. The van der Waals surface area contributed by atoms with Gasteiger partial charge in [-0.15, -0.1) is 5.10 Å². The van der Waals surface area contributed by atoms with E-state index in [9.17, 15) is 9.18 Å². The first-order chi connectivity index (χ1) is 11.5. The van der Waals surface area contributed by atoms with Crippen molar-refractivity contribution in [3.63, 3.8) is 0 Å². The summed E-state index contributed by atoms with van der Waals surface area (Å²) >= 11 is 0. The maximum absolute atomic E-state index is 12.9. The lowest BCUT2D eigenvalue weighted by atomic mass is 10.1. The number of hydrogen-bond donors (Lipinski definition) is 2. The molecule has 2 aromatic carbocycles. The van der Waals surface area contributed by atoms with Crippen molar-refractivity contribution in [2.45, 2.75) is 6.92 Å². The number of carbonyl (C=O) groups is 1. The van der Waals surface area contributed by atoms with Crippen molar-refractivity contribution in [2.75, 3.05) is 0 Å². The highest BCUT2D eigenvalue weighted by molar-refractivity contribution is 6.04. The van der Waals surface area contributed by atoms with Crippen molar-refractivity contribution in [2.24, 2.45) is 15.9 Å². The van der Waals surface area contributed by atoms with Crippen LogP contribution in [-0.2, 0) is 4.79 Å². The first kappa shape index (κ1) is 17.1. The Kier molecular flexibility index (Phi) is 5.96. The van der Waals surface area contributed by atoms with Gasteiger partial charge in [-0.25, -0.2) is 4.39 Å². The Balaban J connectivity index is 1.95. The number of amides is 1. The lowest BCUT2D eigenvalue weighted by Gasteiger charge is -2.00. The van der Waals surface area contributed by atoms with Crippen LogP contribution in [0.2, 0.25) is 0 Å². The van der Waals surface area contributed by atoms with E-state index >= 15 is 0 Å². The van der Waals surface area contributed by atoms with Crippen LogP contribution in [0.5, 0.6) is 0 Å². The fourth-order valence-electron chi connectivity index (χ4n) is 1.81. The summed E-state index contributed by atoms with van der Waals surface area (Å²) in [7, 11) is 0. The van der Waals surface area contributed by atoms with Crippen molar-refractivity contribution < 1.29 is 9.18 Å². The van der Waals surface area contributed by atoms with E-state index in [1.54, 1.807) is 25.1 Å². The SMILES string of the molecule is C/C(=N/N=C(\N)NC(=O)/C=C/c1ccccc1)c1ccc(F)cc1. The van der Waals surface area contributed by atoms with Gasteiger partial charge in [-0.1, -0.05) is 42.5 Å². The molecule has 0 unspecified atom stereocenters. The monoisotopic (exact) mass is 324 g/mol. The van der Waals surface area contributed by atoms with Crippen LogP contribution in [0.25, 0.3) is 6.08 Å². The number of hydrogen-bond acceptors (Lipinski definition) is 3. The lowest BCUT2D eigenvalue weighted by molar-refractivity contribution is -0.115. The molecule has 2 aromatic rings. The Labute approximate surface area is 139 Å². The molecule has 0 heterocycles. The number of halogens is 1. The highest BCUT2D eigenvalue weighted by Crippen LogP contribution is 2.04. The van der Waals surface area contributed by atoms with Gasteiger partial charge >= 0.3 is 0 Å². The number of benzene rings is 2. The van der Waals surface area contributed by atoms with E-state index in [1.807, 2.05) is 30.3 Å². The number of nitrogens with two attached hydrogens (primary N) is 1. The van der Waals surface area contributed by atoms with E-state index in [2.05, 4.69) is 15.5 Å². The molecule has 6 heteroatoms. The molecule has 0 saturated carbocycles. The number of carbonyl (C=O) groups excluding carboxylic acids is 1. The summed E-state index contributed by atoms with van der Waals surface area (Å²) in [5.74, 6) is -0.860. The van der Waals surface area contributed by atoms with Gasteiger partial charge in [-0.2, -0.15) is 5.10 Å². The minimum Gasteiger partial charge on any atom is -0.368 e. The summed E-state index contributed by atoms with van der Waals surface area (Å²) in [6, 6.07) is 15.2.